The van der Waals surface area contributed by atoms with E-state index in [0.29, 0.717) is 17.1 Å². The Morgan fingerprint density at radius 3 is 2.09 bits per heavy atom. The van der Waals surface area contributed by atoms with Crippen LogP contribution in [0.2, 0.25) is 0 Å². The minimum atomic E-state index is -0.475. The van der Waals surface area contributed by atoms with Crippen LogP contribution in [0.25, 0.3) is 0 Å². The van der Waals surface area contributed by atoms with Crippen LogP contribution in [0, 0.1) is 11.3 Å². The van der Waals surface area contributed by atoms with Crippen LogP contribution in [0.5, 0.6) is 5.75 Å². The quantitative estimate of drug-likeness (QED) is 0.458. The molecule has 7 heteroatoms. The Hall–Kier alpha value is -4.57. The lowest BCUT2D eigenvalue weighted by atomic mass is 10.1. The minimum Gasteiger partial charge on any atom is -0.485 e. The smallest absolute Gasteiger partial charge is 0.259 e. The number of nitriles is 1. The molecule has 0 fully saturated rings. The molecule has 4 rings (SSSR count). The van der Waals surface area contributed by atoms with Crippen molar-refractivity contribution in [1.29, 1.82) is 5.26 Å². The molecule has 0 unspecified atom stereocenters. The van der Waals surface area contributed by atoms with E-state index in [-0.39, 0.29) is 23.8 Å². The van der Waals surface area contributed by atoms with Crippen LogP contribution in [-0.2, 0) is 4.79 Å². The first-order chi connectivity index (χ1) is 16.0. The van der Waals surface area contributed by atoms with Crippen LogP contribution in [-0.4, -0.2) is 32.4 Å². The highest BCUT2D eigenvalue weighted by atomic mass is 16.5. The lowest BCUT2D eigenvalue weighted by Gasteiger charge is -2.20. The van der Waals surface area contributed by atoms with Crippen molar-refractivity contribution in [3.8, 4) is 11.8 Å². The standard InChI is InChI=1S/C26H22N4O3/c1-29-21-13-7-8-14-22(21)30(2)26(29)20(16-27)23(31)17-33-24-15-9-6-12-19(24)25(32)28-18-10-4-3-5-11-18/h3-15H,17H2,1-2H3,(H,28,32). The average Bonchev–Trinajstić information content (AvgIpc) is 3.09. The summed E-state index contributed by atoms with van der Waals surface area (Å²) in [6.45, 7) is -0.375. The Morgan fingerprint density at radius 1 is 0.879 bits per heavy atom. The molecule has 3 aromatic carbocycles. The van der Waals surface area contributed by atoms with Crippen molar-refractivity contribution >= 4 is 28.8 Å². The second-order valence-corrected chi connectivity index (χ2v) is 7.45. The number of carbonyl (C=O) groups is 2. The molecule has 3 aromatic rings. The molecular formula is C26H22N4O3. The maximum absolute atomic E-state index is 13.0. The molecule has 1 amide bonds. The molecule has 1 N–H and O–H groups in total. The van der Waals surface area contributed by atoms with E-state index < -0.39 is 5.78 Å². The van der Waals surface area contributed by atoms with Gasteiger partial charge in [0.05, 0.1) is 16.9 Å². The van der Waals surface area contributed by atoms with Crippen molar-refractivity contribution in [2.75, 3.05) is 35.8 Å². The summed E-state index contributed by atoms with van der Waals surface area (Å²) in [7, 11) is 3.62. The Balaban J connectivity index is 1.53. The van der Waals surface area contributed by atoms with Crippen molar-refractivity contribution in [2.24, 2.45) is 0 Å². The minimum absolute atomic E-state index is 0.0116. The van der Waals surface area contributed by atoms with Crippen LogP contribution in [0.4, 0.5) is 17.1 Å². The van der Waals surface area contributed by atoms with Gasteiger partial charge in [-0.1, -0.05) is 42.5 Å². The van der Waals surface area contributed by atoms with E-state index in [1.165, 1.54) is 0 Å². The zero-order valence-electron chi connectivity index (χ0n) is 18.3. The van der Waals surface area contributed by atoms with Gasteiger partial charge in [-0.2, -0.15) is 5.26 Å². The number of para-hydroxylation sites is 4. The van der Waals surface area contributed by atoms with Gasteiger partial charge in [0.1, 0.15) is 23.2 Å². The van der Waals surface area contributed by atoms with Crippen LogP contribution >= 0.6 is 0 Å². The molecule has 0 saturated carbocycles. The van der Waals surface area contributed by atoms with E-state index in [2.05, 4.69) is 5.32 Å². The van der Waals surface area contributed by atoms with E-state index in [1.54, 1.807) is 36.4 Å². The molecule has 0 aliphatic carbocycles. The van der Waals surface area contributed by atoms with Crippen molar-refractivity contribution < 1.29 is 14.3 Å². The van der Waals surface area contributed by atoms with Crippen molar-refractivity contribution in [3.63, 3.8) is 0 Å². The molecule has 0 atom stereocenters. The molecule has 1 heterocycles. The number of benzene rings is 3. The second-order valence-electron chi connectivity index (χ2n) is 7.45. The lowest BCUT2D eigenvalue weighted by Crippen LogP contribution is -2.28. The van der Waals surface area contributed by atoms with Gasteiger partial charge in [0.15, 0.2) is 6.61 Å². The first-order valence-electron chi connectivity index (χ1n) is 10.3. The van der Waals surface area contributed by atoms with Gasteiger partial charge in [0.2, 0.25) is 5.78 Å². The molecule has 1 aliphatic rings. The lowest BCUT2D eigenvalue weighted by molar-refractivity contribution is -0.117. The number of ketones is 1. The molecule has 0 bridgehead atoms. The fraction of sp³-hybridized carbons (Fsp3) is 0.115. The number of fused-ring (bicyclic) bond motifs is 1. The van der Waals surface area contributed by atoms with Gasteiger partial charge in [-0.25, -0.2) is 0 Å². The number of hydrogen-bond acceptors (Lipinski definition) is 6. The van der Waals surface area contributed by atoms with Gasteiger partial charge in [-0.05, 0) is 36.4 Å². The molecule has 0 saturated heterocycles. The summed E-state index contributed by atoms with van der Waals surface area (Å²) in [5.41, 5.74) is 2.74. The first-order valence-corrected chi connectivity index (χ1v) is 10.3. The maximum atomic E-state index is 13.0. The molecule has 33 heavy (non-hydrogen) atoms. The number of Topliss-reactive ketones (excluding diaryl/α,β-unsaturated/α-hetero) is 1. The third-order valence-corrected chi connectivity index (χ3v) is 5.38. The Labute approximate surface area is 192 Å². The number of hydrogen-bond donors (Lipinski definition) is 1. The summed E-state index contributed by atoms with van der Waals surface area (Å²) < 4.78 is 5.72. The summed E-state index contributed by atoms with van der Waals surface area (Å²) in [6.07, 6.45) is 0. The SMILES string of the molecule is CN1C(=C(C#N)C(=O)COc2ccccc2C(=O)Nc2ccccc2)N(C)c2ccccc21. The number of rotatable bonds is 6. The summed E-state index contributed by atoms with van der Waals surface area (Å²) >= 11 is 0. The Bertz CT molecular complexity index is 1250. The highest BCUT2D eigenvalue weighted by molar-refractivity contribution is 6.06. The van der Waals surface area contributed by atoms with Crippen molar-refractivity contribution in [3.05, 3.63) is 95.8 Å². The van der Waals surface area contributed by atoms with Gasteiger partial charge in [0.25, 0.3) is 5.91 Å². The number of nitrogens with one attached hydrogen (secondary N) is 1. The van der Waals surface area contributed by atoms with Gasteiger partial charge in [-0.3, -0.25) is 9.59 Å². The van der Waals surface area contributed by atoms with Gasteiger partial charge < -0.3 is 19.9 Å². The van der Waals surface area contributed by atoms with Crippen LogP contribution in [0.15, 0.2) is 90.3 Å². The second kappa shape index (κ2) is 9.28. The van der Waals surface area contributed by atoms with Gasteiger partial charge >= 0.3 is 0 Å². The van der Waals surface area contributed by atoms with E-state index >= 15 is 0 Å². The molecule has 1 aliphatic heterocycles. The Kier molecular flexibility index (Phi) is 6.09. The molecule has 164 valence electrons. The zero-order valence-corrected chi connectivity index (χ0v) is 18.3. The predicted molar refractivity (Wildman–Crippen MR) is 127 cm³/mol. The van der Waals surface area contributed by atoms with Gasteiger partial charge in [-0.15, -0.1) is 0 Å². The third kappa shape index (κ3) is 4.27. The third-order valence-electron chi connectivity index (χ3n) is 5.38. The highest BCUT2D eigenvalue weighted by Crippen LogP contribution is 2.40. The largest absolute Gasteiger partial charge is 0.485 e. The number of ether oxygens (including phenoxy) is 1. The van der Waals surface area contributed by atoms with E-state index in [0.717, 1.165) is 11.4 Å². The fourth-order valence-electron chi connectivity index (χ4n) is 3.77. The summed E-state index contributed by atoms with van der Waals surface area (Å²) in [4.78, 5) is 29.4. The van der Waals surface area contributed by atoms with Crippen LogP contribution in [0.1, 0.15) is 10.4 Å². The summed E-state index contributed by atoms with van der Waals surface area (Å²) in [5, 5.41) is 12.6. The molecular weight excluding hydrogens is 416 g/mol. The van der Waals surface area contributed by atoms with E-state index in [1.807, 2.05) is 72.4 Å². The molecule has 0 spiro atoms. The summed E-state index contributed by atoms with van der Waals surface area (Å²) in [5.74, 6) is -0.0773. The normalized spacial score (nSPS) is 12.1. The molecule has 7 nitrogen and oxygen atoms in total. The number of carbonyl (C=O) groups excluding carboxylic acids is 2. The maximum Gasteiger partial charge on any atom is 0.259 e. The number of nitrogens with zero attached hydrogens (tertiary/aromatic N) is 3. The Morgan fingerprint density at radius 2 is 1.45 bits per heavy atom. The highest BCUT2D eigenvalue weighted by Gasteiger charge is 2.31. The fourth-order valence-corrected chi connectivity index (χ4v) is 3.77. The van der Waals surface area contributed by atoms with Crippen LogP contribution < -0.4 is 19.9 Å². The topological polar surface area (TPSA) is 85.7 Å². The van der Waals surface area contributed by atoms with Gasteiger partial charge in [0, 0.05) is 19.8 Å². The summed E-state index contributed by atoms with van der Waals surface area (Å²) in [6, 6.07) is 25.4. The molecule has 0 radical (unpaired) electrons. The number of anilines is 3. The van der Waals surface area contributed by atoms with E-state index in [4.69, 9.17) is 4.74 Å². The molecule has 0 aromatic heterocycles. The number of amides is 1. The first kappa shape index (κ1) is 21.7. The predicted octanol–water partition coefficient (Wildman–Crippen LogP) is 4.21. The monoisotopic (exact) mass is 438 g/mol. The zero-order chi connectivity index (χ0) is 23.4. The van der Waals surface area contributed by atoms with Crippen molar-refractivity contribution in [1.82, 2.24) is 0 Å². The van der Waals surface area contributed by atoms with E-state index in [9.17, 15) is 14.9 Å². The van der Waals surface area contributed by atoms with Crippen LogP contribution in [0.3, 0.4) is 0 Å². The van der Waals surface area contributed by atoms with Crippen molar-refractivity contribution in [2.45, 2.75) is 0 Å². The average molecular weight is 438 g/mol.